The van der Waals surface area contributed by atoms with Crippen LogP contribution in [0.1, 0.15) is 51.1 Å². The highest BCUT2D eigenvalue weighted by Crippen LogP contribution is 2.38. The molecule has 0 saturated heterocycles. The van der Waals surface area contributed by atoms with Crippen molar-refractivity contribution in [3.05, 3.63) is 110 Å². The fourth-order valence-corrected chi connectivity index (χ4v) is 4.86. The van der Waals surface area contributed by atoms with Crippen LogP contribution in [0.5, 0.6) is 0 Å². The molecule has 0 saturated carbocycles. The average Bonchev–Trinajstić information content (AvgIpc) is 2.89. The van der Waals surface area contributed by atoms with Gasteiger partial charge in [0.25, 0.3) is 0 Å². The molecule has 5 rings (SSSR count). The van der Waals surface area contributed by atoms with Gasteiger partial charge in [-0.05, 0) is 60.2 Å². The number of nitriles is 1. The zero-order valence-electron chi connectivity index (χ0n) is 18.7. The Bertz CT molecular complexity index is 1540. The molecule has 0 aliphatic heterocycles. The number of carbonyl (C=O) groups excluding carboxylic acids is 1. The molecule has 1 heterocycles. The van der Waals surface area contributed by atoms with E-state index in [-0.39, 0.29) is 6.61 Å². The Kier molecular flexibility index (Phi) is 6.55. The van der Waals surface area contributed by atoms with Gasteiger partial charge in [-0.25, -0.2) is 9.78 Å². The van der Waals surface area contributed by atoms with Crippen molar-refractivity contribution in [1.82, 2.24) is 4.98 Å². The van der Waals surface area contributed by atoms with Gasteiger partial charge in [0.15, 0.2) is 0 Å². The van der Waals surface area contributed by atoms with Crippen molar-refractivity contribution >= 4 is 51.7 Å². The lowest BCUT2D eigenvalue weighted by molar-refractivity contribution is 0.0473. The van der Waals surface area contributed by atoms with Crippen LogP contribution in [-0.4, -0.2) is 11.0 Å². The van der Waals surface area contributed by atoms with E-state index in [0.29, 0.717) is 33.2 Å². The molecular formula is C29H20Cl2N2O2. The fourth-order valence-electron chi connectivity index (χ4n) is 4.50. The molecule has 35 heavy (non-hydrogen) atoms. The van der Waals surface area contributed by atoms with Gasteiger partial charge in [-0.3, -0.25) is 0 Å². The molecule has 1 aliphatic carbocycles. The summed E-state index contributed by atoms with van der Waals surface area (Å²) in [5.74, 6) is -0.422. The summed E-state index contributed by atoms with van der Waals surface area (Å²) in [4.78, 5) is 18.4. The van der Waals surface area contributed by atoms with Crippen molar-refractivity contribution in [1.29, 1.82) is 5.26 Å². The van der Waals surface area contributed by atoms with E-state index in [2.05, 4.69) is 6.07 Å². The van der Waals surface area contributed by atoms with Crippen LogP contribution in [0.3, 0.4) is 0 Å². The quantitative estimate of drug-likeness (QED) is 0.271. The molecule has 0 amide bonds. The third-order valence-electron chi connectivity index (χ3n) is 6.18. The van der Waals surface area contributed by atoms with E-state index in [1.165, 1.54) is 0 Å². The van der Waals surface area contributed by atoms with Crippen LogP contribution in [0, 0.1) is 11.3 Å². The minimum Gasteiger partial charge on any atom is -0.457 e. The van der Waals surface area contributed by atoms with Crippen molar-refractivity contribution < 1.29 is 9.53 Å². The summed E-state index contributed by atoms with van der Waals surface area (Å²) >= 11 is 12.7. The van der Waals surface area contributed by atoms with Crippen LogP contribution in [0.25, 0.3) is 22.6 Å². The van der Waals surface area contributed by atoms with Gasteiger partial charge < -0.3 is 4.74 Å². The molecule has 6 heteroatoms. The molecule has 4 nitrogen and oxygen atoms in total. The second-order valence-electron chi connectivity index (χ2n) is 8.34. The van der Waals surface area contributed by atoms with Crippen LogP contribution in [-0.2, 0) is 17.8 Å². The van der Waals surface area contributed by atoms with Crippen LogP contribution in [0.4, 0.5) is 0 Å². The van der Waals surface area contributed by atoms with E-state index in [1.54, 1.807) is 24.3 Å². The lowest BCUT2D eigenvalue weighted by Crippen LogP contribution is -2.15. The average molecular weight is 499 g/mol. The Morgan fingerprint density at radius 3 is 2.69 bits per heavy atom. The van der Waals surface area contributed by atoms with Crippen molar-refractivity contribution in [2.45, 2.75) is 25.9 Å². The van der Waals surface area contributed by atoms with E-state index in [1.807, 2.05) is 48.5 Å². The number of carbonyl (C=O) groups is 1. The summed E-state index contributed by atoms with van der Waals surface area (Å²) in [7, 11) is 0. The maximum absolute atomic E-state index is 13.5. The number of ether oxygens (including phenoxy) is 1. The number of fused-ring (bicyclic) bond motifs is 2. The Balaban J connectivity index is 1.60. The van der Waals surface area contributed by atoms with E-state index in [4.69, 9.17) is 32.9 Å². The Morgan fingerprint density at radius 1 is 1.03 bits per heavy atom. The van der Waals surface area contributed by atoms with Crippen molar-refractivity contribution in [3.63, 3.8) is 0 Å². The van der Waals surface area contributed by atoms with E-state index in [0.717, 1.165) is 46.1 Å². The van der Waals surface area contributed by atoms with Gasteiger partial charge in [0, 0.05) is 10.9 Å². The molecule has 4 aromatic rings. The number of aromatic nitrogens is 1. The summed E-state index contributed by atoms with van der Waals surface area (Å²) in [5, 5.41) is 11.1. The van der Waals surface area contributed by atoms with Crippen molar-refractivity contribution in [3.8, 4) is 6.07 Å². The molecule has 1 aliphatic rings. The molecule has 0 spiro atoms. The Morgan fingerprint density at radius 2 is 1.83 bits per heavy atom. The molecule has 172 valence electrons. The first-order valence-electron chi connectivity index (χ1n) is 11.3. The minimum absolute atomic E-state index is 0.0226. The number of para-hydroxylation sites is 1. The number of esters is 1. The summed E-state index contributed by atoms with van der Waals surface area (Å²) in [6.07, 6.45) is 4.40. The molecule has 0 fully saturated rings. The van der Waals surface area contributed by atoms with Crippen LogP contribution in [0.2, 0.25) is 10.0 Å². The first-order valence-corrected chi connectivity index (χ1v) is 12.0. The number of rotatable bonds is 4. The fraction of sp³-hybridized carbons (Fsp3) is 0.138. The van der Waals surface area contributed by atoms with Crippen molar-refractivity contribution in [2.24, 2.45) is 0 Å². The highest BCUT2D eigenvalue weighted by Gasteiger charge is 2.26. The van der Waals surface area contributed by atoms with Gasteiger partial charge >= 0.3 is 5.97 Å². The SMILES string of the molecule is N#Cc1ccccc1COC(=O)c1c2c(nc3ccccc13)C(=Cc1cccc(Cl)c1Cl)CCC2. The highest BCUT2D eigenvalue weighted by atomic mass is 35.5. The van der Waals surface area contributed by atoms with Crippen molar-refractivity contribution in [2.75, 3.05) is 0 Å². The van der Waals surface area contributed by atoms with E-state index < -0.39 is 5.97 Å². The summed E-state index contributed by atoms with van der Waals surface area (Å²) < 4.78 is 5.74. The smallest absolute Gasteiger partial charge is 0.339 e. The molecule has 0 N–H and O–H groups in total. The lowest BCUT2D eigenvalue weighted by Gasteiger charge is -2.22. The third kappa shape index (κ3) is 4.53. The monoisotopic (exact) mass is 498 g/mol. The molecule has 0 bridgehead atoms. The normalized spacial score (nSPS) is 13.9. The van der Waals surface area contributed by atoms with Crippen LogP contribution in [0.15, 0.2) is 66.7 Å². The molecule has 3 aromatic carbocycles. The topological polar surface area (TPSA) is 63.0 Å². The first kappa shape index (κ1) is 23.1. The number of nitrogens with zero attached hydrogens (tertiary/aromatic N) is 2. The Labute approximate surface area is 213 Å². The third-order valence-corrected chi connectivity index (χ3v) is 7.02. The summed E-state index contributed by atoms with van der Waals surface area (Å²) in [6, 6.07) is 22.4. The standard InChI is InChI=1S/C29H20Cl2N2O2/c30-24-13-6-9-18(27(24)31)15-19-10-5-12-23-26(22-11-3-4-14-25(22)33-28(19)23)29(34)35-17-21-8-2-1-7-20(21)16-32/h1-4,6-9,11,13-15H,5,10,12,17H2. The van der Waals surface area contributed by atoms with Gasteiger partial charge in [-0.15, -0.1) is 0 Å². The number of pyridine rings is 1. The Hall–Kier alpha value is -3.65. The van der Waals surface area contributed by atoms with E-state index in [9.17, 15) is 10.1 Å². The maximum atomic E-state index is 13.5. The molecule has 0 radical (unpaired) electrons. The number of hydrogen-bond donors (Lipinski definition) is 0. The maximum Gasteiger partial charge on any atom is 0.339 e. The number of hydrogen-bond acceptors (Lipinski definition) is 4. The van der Waals surface area contributed by atoms with Gasteiger partial charge in [0.1, 0.15) is 6.61 Å². The van der Waals surface area contributed by atoms with Gasteiger partial charge in [-0.2, -0.15) is 5.26 Å². The molecule has 0 unspecified atom stereocenters. The predicted molar refractivity (Wildman–Crippen MR) is 139 cm³/mol. The van der Waals surface area contributed by atoms with Gasteiger partial charge in [0.05, 0.1) is 38.5 Å². The van der Waals surface area contributed by atoms with Crippen LogP contribution < -0.4 is 0 Å². The first-order chi connectivity index (χ1) is 17.1. The molecular weight excluding hydrogens is 479 g/mol. The number of benzene rings is 3. The van der Waals surface area contributed by atoms with Gasteiger partial charge in [-0.1, -0.05) is 71.7 Å². The summed E-state index contributed by atoms with van der Waals surface area (Å²) in [6.45, 7) is 0.0226. The molecule has 1 aromatic heterocycles. The summed E-state index contributed by atoms with van der Waals surface area (Å²) in [5.41, 5.74) is 5.90. The lowest BCUT2D eigenvalue weighted by atomic mass is 9.86. The highest BCUT2D eigenvalue weighted by molar-refractivity contribution is 6.43. The number of halogens is 2. The second kappa shape index (κ2) is 9.92. The minimum atomic E-state index is -0.422. The van der Waals surface area contributed by atoms with E-state index >= 15 is 0 Å². The largest absolute Gasteiger partial charge is 0.457 e. The predicted octanol–water partition coefficient (Wildman–Crippen LogP) is 7.65. The molecule has 0 atom stereocenters. The zero-order chi connectivity index (χ0) is 24.4. The van der Waals surface area contributed by atoms with Gasteiger partial charge in [0.2, 0.25) is 0 Å². The van der Waals surface area contributed by atoms with Crippen LogP contribution >= 0.6 is 23.2 Å². The zero-order valence-corrected chi connectivity index (χ0v) is 20.2. The second-order valence-corrected chi connectivity index (χ2v) is 9.13. The number of allylic oxidation sites excluding steroid dienone is 1.